The van der Waals surface area contributed by atoms with Crippen molar-refractivity contribution in [2.75, 3.05) is 0 Å². The third-order valence-corrected chi connectivity index (χ3v) is 1.58. The maximum Gasteiger partial charge on any atom is 0.0695 e. The van der Waals surface area contributed by atoms with E-state index in [0.717, 1.165) is 0 Å². The van der Waals surface area contributed by atoms with Crippen LogP contribution in [0.2, 0.25) is 0 Å². The lowest BCUT2D eigenvalue weighted by Gasteiger charge is -2.23. The average Bonchev–Trinajstić information content (AvgIpc) is 1.65. The molecule has 1 atom stereocenters. The number of nitrogens with two attached hydrogens (primary N) is 1. The van der Waals surface area contributed by atoms with Crippen LogP contribution in [0, 0.1) is 0 Å². The van der Waals surface area contributed by atoms with Gasteiger partial charge in [-0.25, -0.2) is 0 Å². The molecule has 9 heavy (non-hydrogen) atoms. The second kappa shape index (κ2) is 2.97. The molecular weight excluding hydrogens is 112 g/mol. The summed E-state index contributed by atoms with van der Waals surface area (Å²) in [4.78, 5) is 4.21. The Hall–Kier alpha value is -0.370. The van der Waals surface area contributed by atoms with Crippen molar-refractivity contribution >= 4 is 6.21 Å². The normalized spacial score (nSPS) is 16.6. The van der Waals surface area contributed by atoms with Gasteiger partial charge in [0.05, 0.1) is 5.54 Å². The summed E-state index contributed by atoms with van der Waals surface area (Å²) in [5, 5.41) is 0. The SMILES string of the molecule is CC=NC(C)(C)[C@@H](C)N. The Morgan fingerprint density at radius 2 is 2.00 bits per heavy atom. The van der Waals surface area contributed by atoms with Crippen molar-refractivity contribution in [2.24, 2.45) is 10.7 Å². The summed E-state index contributed by atoms with van der Waals surface area (Å²) < 4.78 is 0. The van der Waals surface area contributed by atoms with Crippen molar-refractivity contribution in [2.45, 2.75) is 39.3 Å². The lowest BCUT2D eigenvalue weighted by Crippen LogP contribution is -2.38. The monoisotopic (exact) mass is 128 g/mol. The van der Waals surface area contributed by atoms with Gasteiger partial charge in [-0.3, -0.25) is 4.99 Å². The van der Waals surface area contributed by atoms with Crippen LogP contribution in [0.1, 0.15) is 27.7 Å². The van der Waals surface area contributed by atoms with Gasteiger partial charge in [0.15, 0.2) is 0 Å². The predicted molar refractivity (Wildman–Crippen MR) is 41.9 cm³/mol. The molecule has 0 aliphatic rings. The van der Waals surface area contributed by atoms with Gasteiger partial charge in [-0.05, 0) is 33.9 Å². The Balaban J connectivity index is 4.01. The number of rotatable bonds is 2. The summed E-state index contributed by atoms with van der Waals surface area (Å²) in [5.41, 5.74) is 5.54. The fourth-order valence-corrected chi connectivity index (χ4v) is 0.450. The van der Waals surface area contributed by atoms with Crippen molar-refractivity contribution in [1.82, 2.24) is 0 Å². The van der Waals surface area contributed by atoms with Gasteiger partial charge in [-0.15, -0.1) is 0 Å². The number of nitrogens with zero attached hydrogens (tertiary/aromatic N) is 1. The van der Waals surface area contributed by atoms with Crippen molar-refractivity contribution in [3.63, 3.8) is 0 Å². The topological polar surface area (TPSA) is 38.4 Å². The van der Waals surface area contributed by atoms with Gasteiger partial charge < -0.3 is 5.73 Å². The molecule has 0 aromatic heterocycles. The molecule has 0 saturated heterocycles. The van der Waals surface area contributed by atoms with Crippen LogP contribution >= 0.6 is 0 Å². The summed E-state index contributed by atoms with van der Waals surface area (Å²) in [5.74, 6) is 0. The molecule has 2 heteroatoms. The molecule has 0 heterocycles. The van der Waals surface area contributed by atoms with Crippen molar-refractivity contribution in [3.8, 4) is 0 Å². The van der Waals surface area contributed by atoms with E-state index >= 15 is 0 Å². The maximum absolute atomic E-state index is 5.64. The number of hydrogen-bond acceptors (Lipinski definition) is 2. The third-order valence-electron chi connectivity index (χ3n) is 1.58. The summed E-state index contributed by atoms with van der Waals surface area (Å²) in [6.45, 7) is 7.92. The van der Waals surface area contributed by atoms with Crippen LogP contribution in [0.25, 0.3) is 0 Å². The predicted octanol–water partition coefficient (Wildman–Crippen LogP) is 1.20. The van der Waals surface area contributed by atoms with Gasteiger partial charge in [0.25, 0.3) is 0 Å². The standard InChI is InChI=1S/C7H16N2/c1-5-9-7(3,4)6(2)8/h5-6H,8H2,1-4H3/t6-/m1/s1. The van der Waals surface area contributed by atoms with Gasteiger partial charge in [0, 0.05) is 6.04 Å². The van der Waals surface area contributed by atoms with Gasteiger partial charge >= 0.3 is 0 Å². The Morgan fingerprint density at radius 3 is 2.11 bits per heavy atom. The first kappa shape index (κ1) is 8.63. The molecule has 0 rings (SSSR count). The summed E-state index contributed by atoms with van der Waals surface area (Å²) in [7, 11) is 0. The maximum atomic E-state index is 5.64. The molecule has 0 bridgehead atoms. The van der Waals surface area contributed by atoms with Crippen LogP contribution in [-0.2, 0) is 0 Å². The molecular formula is C7H16N2. The van der Waals surface area contributed by atoms with E-state index in [4.69, 9.17) is 5.73 Å². The van der Waals surface area contributed by atoms with E-state index in [0.29, 0.717) is 0 Å². The van der Waals surface area contributed by atoms with Crippen molar-refractivity contribution in [1.29, 1.82) is 0 Å². The average molecular weight is 128 g/mol. The summed E-state index contributed by atoms with van der Waals surface area (Å²) >= 11 is 0. The molecule has 0 aliphatic carbocycles. The van der Waals surface area contributed by atoms with Crippen LogP contribution in [-0.4, -0.2) is 17.8 Å². The van der Waals surface area contributed by atoms with Gasteiger partial charge in [0.1, 0.15) is 0 Å². The largest absolute Gasteiger partial charge is 0.326 e. The molecule has 0 radical (unpaired) electrons. The quantitative estimate of drug-likeness (QED) is 0.558. The molecule has 0 saturated carbocycles. The van der Waals surface area contributed by atoms with E-state index < -0.39 is 0 Å². The van der Waals surface area contributed by atoms with Crippen LogP contribution in [0.4, 0.5) is 0 Å². The molecule has 0 spiro atoms. The van der Waals surface area contributed by atoms with Crippen molar-refractivity contribution in [3.05, 3.63) is 0 Å². The molecule has 0 unspecified atom stereocenters. The van der Waals surface area contributed by atoms with E-state index in [-0.39, 0.29) is 11.6 Å². The molecule has 2 N–H and O–H groups in total. The second-order valence-corrected chi connectivity index (χ2v) is 2.83. The highest BCUT2D eigenvalue weighted by molar-refractivity contribution is 5.54. The minimum Gasteiger partial charge on any atom is -0.326 e. The van der Waals surface area contributed by atoms with E-state index in [1.165, 1.54) is 0 Å². The Morgan fingerprint density at radius 1 is 1.56 bits per heavy atom. The zero-order valence-electron chi connectivity index (χ0n) is 6.68. The highest BCUT2D eigenvalue weighted by Crippen LogP contribution is 2.10. The molecule has 0 aromatic rings. The van der Waals surface area contributed by atoms with Gasteiger partial charge in [-0.1, -0.05) is 0 Å². The zero-order chi connectivity index (χ0) is 7.49. The Kier molecular flexibility index (Phi) is 2.85. The zero-order valence-corrected chi connectivity index (χ0v) is 6.68. The third kappa shape index (κ3) is 2.61. The van der Waals surface area contributed by atoms with E-state index in [2.05, 4.69) is 4.99 Å². The fourth-order valence-electron chi connectivity index (χ4n) is 0.450. The molecule has 54 valence electrons. The molecule has 0 aliphatic heterocycles. The fraction of sp³-hybridized carbons (Fsp3) is 0.857. The van der Waals surface area contributed by atoms with Crippen LogP contribution in [0.5, 0.6) is 0 Å². The molecule has 0 fully saturated rings. The number of hydrogen-bond donors (Lipinski definition) is 1. The van der Waals surface area contributed by atoms with E-state index in [9.17, 15) is 0 Å². The second-order valence-electron chi connectivity index (χ2n) is 2.83. The first-order valence-electron chi connectivity index (χ1n) is 3.26. The smallest absolute Gasteiger partial charge is 0.0695 e. The van der Waals surface area contributed by atoms with Crippen LogP contribution in [0.3, 0.4) is 0 Å². The minimum absolute atomic E-state index is 0.102. The Bertz CT molecular complexity index is 103. The molecule has 2 nitrogen and oxygen atoms in total. The summed E-state index contributed by atoms with van der Waals surface area (Å²) in [6.07, 6.45) is 1.80. The van der Waals surface area contributed by atoms with E-state index in [1.807, 2.05) is 27.7 Å². The highest BCUT2D eigenvalue weighted by atomic mass is 14.9. The van der Waals surface area contributed by atoms with E-state index in [1.54, 1.807) is 6.21 Å². The molecule has 0 amide bonds. The van der Waals surface area contributed by atoms with Crippen LogP contribution < -0.4 is 5.73 Å². The molecule has 0 aromatic carbocycles. The lowest BCUT2D eigenvalue weighted by molar-refractivity contribution is 0.438. The van der Waals surface area contributed by atoms with Gasteiger partial charge in [-0.2, -0.15) is 0 Å². The Labute approximate surface area is 57.2 Å². The number of aliphatic imine (C=N–C) groups is 1. The minimum atomic E-state index is -0.102. The lowest BCUT2D eigenvalue weighted by atomic mass is 9.98. The summed E-state index contributed by atoms with van der Waals surface area (Å²) in [6, 6.07) is 0.119. The van der Waals surface area contributed by atoms with Gasteiger partial charge in [0.2, 0.25) is 0 Å². The van der Waals surface area contributed by atoms with Crippen molar-refractivity contribution < 1.29 is 0 Å². The first-order valence-corrected chi connectivity index (χ1v) is 3.26. The van der Waals surface area contributed by atoms with Crippen LogP contribution in [0.15, 0.2) is 4.99 Å². The first-order chi connectivity index (χ1) is 4.00. The highest BCUT2D eigenvalue weighted by Gasteiger charge is 2.19.